The van der Waals surface area contributed by atoms with Gasteiger partial charge in [0.25, 0.3) is 10.0 Å². The first-order valence-electron chi connectivity index (χ1n) is 5.89. The van der Waals surface area contributed by atoms with Crippen molar-refractivity contribution in [2.75, 3.05) is 13.7 Å². The summed E-state index contributed by atoms with van der Waals surface area (Å²) in [5.41, 5.74) is 0.786. The summed E-state index contributed by atoms with van der Waals surface area (Å²) in [6, 6.07) is 10.2. The highest BCUT2D eigenvalue weighted by Crippen LogP contribution is 2.25. The van der Waals surface area contributed by atoms with Gasteiger partial charge in [-0.2, -0.15) is 4.72 Å². The van der Waals surface area contributed by atoms with Crippen LogP contribution in [0.25, 0.3) is 0 Å². The van der Waals surface area contributed by atoms with Gasteiger partial charge in [-0.05, 0) is 36.4 Å². The van der Waals surface area contributed by atoms with Gasteiger partial charge in [0.2, 0.25) is 0 Å². The van der Waals surface area contributed by atoms with Crippen LogP contribution in [0, 0.1) is 11.8 Å². The number of thiophene rings is 1. The van der Waals surface area contributed by atoms with Gasteiger partial charge in [0.15, 0.2) is 0 Å². The van der Waals surface area contributed by atoms with Crippen LogP contribution >= 0.6 is 22.9 Å². The van der Waals surface area contributed by atoms with Gasteiger partial charge in [-0.3, -0.25) is 0 Å². The Morgan fingerprint density at radius 2 is 1.95 bits per heavy atom. The summed E-state index contributed by atoms with van der Waals surface area (Å²) >= 11 is 6.73. The van der Waals surface area contributed by atoms with Crippen LogP contribution in [0.5, 0.6) is 5.75 Å². The third-order valence-electron chi connectivity index (χ3n) is 2.49. The number of ether oxygens (including phenoxy) is 1. The van der Waals surface area contributed by atoms with Crippen molar-refractivity contribution in [3.8, 4) is 17.6 Å². The number of benzene rings is 1. The van der Waals surface area contributed by atoms with E-state index in [1.54, 1.807) is 37.4 Å². The lowest BCUT2D eigenvalue weighted by Crippen LogP contribution is -2.23. The molecule has 0 aliphatic carbocycles. The molecule has 2 rings (SSSR count). The fourth-order valence-corrected chi connectivity index (χ4v) is 3.92. The molecule has 0 saturated carbocycles. The van der Waals surface area contributed by atoms with Crippen LogP contribution in [-0.4, -0.2) is 22.1 Å². The summed E-state index contributed by atoms with van der Waals surface area (Å²) in [7, 11) is -1.95. The fraction of sp³-hybridized carbons (Fsp3) is 0.143. The zero-order chi connectivity index (χ0) is 15.3. The zero-order valence-corrected chi connectivity index (χ0v) is 13.5. The molecule has 0 aliphatic heterocycles. The van der Waals surface area contributed by atoms with E-state index in [0.29, 0.717) is 4.34 Å². The van der Waals surface area contributed by atoms with Crippen molar-refractivity contribution >= 4 is 33.0 Å². The third-order valence-corrected chi connectivity index (χ3v) is 5.61. The Labute approximate surface area is 132 Å². The van der Waals surface area contributed by atoms with Gasteiger partial charge >= 0.3 is 0 Å². The molecule has 0 unspecified atom stereocenters. The Kier molecular flexibility index (Phi) is 5.26. The van der Waals surface area contributed by atoms with Crippen molar-refractivity contribution in [2.45, 2.75) is 4.21 Å². The van der Waals surface area contributed by atoms with Crippen molar-refractivity contribution in [3.05, 3.63) is 46.3 Å². The first-order valence-corrected chi connectivity index (χ1v) is 8.57. The zero-order valence-electron chi connectivity index (χ0n) is 11.1. The van der Waals surface area contributed by atoms with E-state index in [2.05, 4.69) is 16.6 Å². The van der Waals surface area contributed by atoms with Crippen LogP contribution < -0.4 is 9.46 Å². The Morgan fingerprint density at radius 1 is 1.24 bits per heavy atom. The van der Waals surface area contributed by atoms with Crippen molar-refractivity contribution in [3.63, 3.8) is 0 Å². The van der Waals surface area contributed by atoms with Gasteiger partial charge in [-0.1, -0.05) is 23.4 Å². The minimum atomic E-state index is -3.54. The second-order valence-corrected chi connectivity index (χ2v) is 7.62. The maximum Gasteiger partial charge on any atom is 0.250 e. The molecule has 1 aromatic heterocycles. The molecule has 0 radical (unpaired) electrons. The first-order chi connectivity index (χ1) is 10.0. The van der Waals surface area contributed by atoms with Crippen LogP contribution in [0.1, 0.15) is 5.56 Å². The van der Waals surface area contributed by atoms with Gasteiger partial charge in [-0.25, -0.2) is 8.42 Å². The molecule has 110 valence electrons. The van der Waals surface area contributed by atoms with E-state index in [0.717, 1.165) is 22.6 Å². The highest BCUT2D eigenvalue weighted by molar-refractivity contribution is 7.91. The third kappa shape index (κ3) is 4.48. The van der Waals surface area contributed by atoms with Crippen LogP contribution in [-0.2, 0) is 10.0 Å². The largest absolute Gasteiger partial charge is 0.497 e. The highest BCUT2D eigenvalue weighted by Gasteiger charge is 2.14. The van der Waals surface area contributed by atoms with Gasteiger partial charge < -0.3 is 4.74 Å². The Bertz CT molecular complexity index is 771. The normalized spacial score (nSPS) is 10.8. The predicted octanol–water partition coefficient (Wildman–Crippen LogP) is 2.74. The molecule has 1 N–H and O–H groups in total. The van der Waals surface area contributed by atoms with Crippen molar-refractivity contribution in [1.82, 2.24) is 4.72 Å². The van der Waals surface area contributed by atoms with E-state index < -0.39 is 10.0 Å². The predicted molar refractivity (Wildman–Crippen MR) is 84.4 cm³/mol. The van der Waals surface area contributed by atoms with Crippen LogP contribution in [0.4, 0.5) is 0 Å². The molecule has 2 aromatic rings. The molecule has 1 heterocycles. The topological polar surface area (TPSA) is 55.4 Å². The van der Waals surface area contributed by atoms with E-state index >= 15 is 0 Å². The average molecular weight is 342 g/mol. The van der Waals surface area contributed by atoms with Crippen LogP contribution in [0.15, 0.2) is 40.6 Å². The summed E-state index contributed by atoms with van der Waals surface area (Å²) in [5, 5.41) is 0. The van der Waals surface area contributed by atoms with Crippen LogP contribution in [0.3, 0.4) is 0 Å². The van der Waals surface area contributed by atoms with Gasteiger partial charge in [0, 0.05) is 5.56 Å². The number of hydrogen-bond acceptors (Lipinski definition) is 4. The molecule has 0 aliphatic rings. The lowest BCUT2D eigenvalue weighted by molar-refractivity contribution is 0.415. The lowest BCUT2D eigenvalue weighted by Gasteiger charge is -1.99. The quantitative estimate of drug-likeness (QED) is 0.870. The summed E-state index contributed by atoms with van der Waals surface area (Å²) in [6.07, 6.45) is 0. The molecule has 0 saturated heterocycles. The van der Waals surface area contributed by atoms with E-state index in [1.807, 2.05) is 0 Å². The van der Waals surface area contributed by atoms with Gasteiger partial charge in [0.05, 0.1) is 18.0 Å². The number of halogens is 1. The van der Waals surface area contributed by atoms with E-state index in [1.165, 1.54) is 6.07 Å². The molecule has 7 heteroatoms. The summed E-state index contributed by atoms with van der Waals surface area (Å²) in [5.74, 6) is 6.38. The van der Waals surface area contributed by atoms with Crippen LogP contribution in [0.2, 0.25) is 4.34 Å². The molecule has 1 aromatic carbocycles. The maximum atomic E-state index is 11.9. The molecule has 4 nitrogen and oxygen atoms in total. The SMILES string of the molecule is COc1ccc(C#CCNS(=O)(=O)c2ccc(Cl)s2)cc1. The second kappa shape index (κ2) is 6.96. The fourth-order valence-electron chi connectivity index (χ4n) is 1.46. The standard InChI is InChI=1S/C14H12ClNO3S2/c1-19-12-6-4-11(5-7-12)3-2-10-16-21(17,18)14-9-8-13(15)20-14/h4-9,16H,10H2,1H3. The number of methoxy groups -OCH3 is 1. The molecular formula is C14H12ClNO3S2. The first kappa shape index (κ1) is 15.9. The number of hydrogen-bond donors (Lipinski definition) is 1. The summed E-state index contributed by atoms with van der Waals surface area (Å²) in [4.78, 5) is 0. The highest BCUT2D eigenvalue weighted by atomic mass is 35.5. The molecule has 0 spiro atoms. The minimum absolute atomic E-state index is 0.0316. The Hall–Kier alpha value is -1.52. The molecule has 0 fully saturated rings. The minimum Gasteiger partial charge on any atom is -0.497 e. The van der Waals surface area contributed by atoms with Crippen molar-refractivity contribution in [1.29, 1.82) is 0 Å². The number of rotatable bonds is 4. The van der Waals surface area contributed by atoms with Crippen molar-refractivity contribution in [2.24, 2.45) is 0 Å². The van der Waals surface area contributed by atoms with Crippen molar-refractivity contribution < 1.29 is 13.2 Å². The van der Waals surface area contributed by atoms with Gasteiger partial charge in [0.1, 0.15) is 9.96 Å². The average Bonchev–Trinajstić information content (AvgIpc) is 2.92. The van der Waals surface area contributed by atoms with E-state index in [9.17, 15) is 8.42 Å². The Balaban J connectivity index is 1.96. The molecule has 21 heavy (non-hydrogen) atoms. The Morgan fingerprint density at radius 3 is 2.52 bits per heavy atom. The van der Waals surface area contributed by atoms with E-state index in [4.69, 9.17) is 16.3 Å². The maximum absolute atomic E-state index is 11.9. The summed E-state index contributed by atoms with van der Waals surface area (Å²) in [6.45, 7) is 0.0316. The summed E-state index contributed by atoms with van der Waals surface area (Å²) < 4.78 is 31.9. The smallest absolute Gasteiger partial charge is 0.250 e. The number of nitrogens with one attached hydrogen (secondary N) is 1. The number of sulfonamides is 1. The van der Waals surface area contributed by atoms with E-state index in [-0.39, 0.29) is 10.8 Å². The lowest BCUT2D eigenvalue weighted by atomic mass is 10.2. The molecule has 0 atom stereocenters. The second-order valence-electron chi connectivity index (χ2n) is 3.91. The monoisotopic (exact) mass is 341 g/mol. The molecular weight excluding hydrogens is 330 g/mol. The molecule has 0 bridgehead atoms. The molecule has 0 amide bonds. The van der Waals surface area contributed by atoms with Gasteiger partial charge in [-0.15, -0.1) is 11.3 Å².